The summed E-state index contributed by atoms with van der Waals surface area (Å²) in [5.41, 5.74) is 6.80. The molecule has 0 bridgehead atoms. The molecule has 0 saturated heterocycles. The van der Waals surface area contributed by atoms with E-state index in [1.807, 2.05) is 0 Å². The number of aryl methyl sites for hydroxylation is 1. The van der Waals surface area contributed by atoms with Gasteiger partial charge in [-0.1, -0.05) is 0 Å². The summed E-state index contributed by atoms with van der Waals surface area (Å²) in [6.07, 6.45) is 0. The average Bonchev–Trinajstić information content (AvgIpc) is 2.37. The van der Waals surface area contributed by atoms with Crippen molar-refractivity contribution in [2.75, 3.05) is 0 Å². The largest absolute Gasteiger partial charge is 0.456 e. The van der Waals surface area contributed by atoms with E-state index in [9.17, 15) is 8.78 Å². The minimum atomic E-state index is -0.413. The lowest BCUT2D eigenvalue weighted by molar-refractivity contribution is 0.460. The monoisotopic (exact) mass is 341 g/mol. The Labute approximate surface area is 124 Å². The van der Waals surface area contributed by atoms with Crippen LogP contribution in [0.3, 0.4) is 0 Å². The fourth-order valence-electron chi connectivity index (χ4n) is 1.79. The summed E-state index contributed by atoms with van der Waals surface area (Å²) in [6, 6.07) is 6.64. The maximum atomic E-state index is 13.6. The second-order valence-electron chi connectivity index (χ2n) is 4.60. The zero-order chi connectivity index (χ0) is 14.9. The standard InChI is InChI=1S/C15H14BrF2NO/c1-8-5-14(11(9(2)19)7-13(8)18)20-15-6-10(17)3-4-12(15)16/h3-7,9H,19H2,1-2H3. The fourth-order valence-corrected chi connectivity index (χ4v) is 2.12. The van der Waals surface area contributed by atoms with E-state index in [2.05, 4.69) is 15.9 Å². The van der Waals surface area contributed by atoms with Gasteiger partial charge in [-0.3, -0.25) is 0 Å². The van der Waals surface area contributed by atoms with Crippen molar-refractivity contribution in [2.45, 2.75) is 19.9 Å². The number of benzene rings is 2. The third-order valence-electron chi connectivity index (χ3n) is 2.89. The van der Waals surface area contributed by atoms with Crippen LogP contribution in [0.2, 0.25) is 0 Å². The van der Waals surface area contributed by atoms with Gasteiger partial charge in [0.05, 0.1) is 4.47 Å². The Morgan fingerprint density at radius 3 is 2.50 bits per heavy atom. The van der Waals surface area contributed by atoms with Gasteiger partial charge in [-0.2, -0.15) is 0 Å². The average molecular weight is 342 g/mol. The second-order valence-corrected chi connectivity index (χ2v) is 5.46. The molecule has 2 nitrogen and oxygen atoms in total. The van der Waals surface area contributed by atoms with E-state index in [1.54, 1.807) is 26.0 Å². The molecule has 0 aromatic heterocycles. The van der Waals surface area contributed by atoms with E-state index < -0.39 is 11.9 Å². The molecule has 2 rings (SSSR count). The topological polar surface area (TPSA) is 35.2 Å². The van der Waals surface area contributed by atoms with Crippen molar-refractivity contribution in [1.82, 2.24) is 0 Å². The van der Waals surface area contributed by atoms with Gasteiger partial charge in [0.15, 0.2) is 0 Å². The molecule has 0 spiro atoms. The maximum Gasteiger partial charge on any atom is 0.144 e. The van der Waals surface area contributed by atoms with Crippen LogP contribution >= 0.6 is 15.9 Å². The number of hydrogen-bond donors (Lipinski definition) is 1. The predicted octanol–water partition coefficient (Wildman–Crippen LogP) is 4.85. The number of hydrogen-bond acceptors (Lipinski definition) is 2. The van der Waals surface area contributed by atoms with E-state index in [1.165, 1.54) is 18.2 Å². The van der Waals surface area contributed by atoms with Crippen molar-refractivity contribution < 1.29 is 13.5 Å². The molecule has 0 fully saturated rings. The van der Waals surface area contributed by atoms with Crippen LogP contribution in [0.25, 0.3) is 0 Å². The molecule has 0 amide bonds. The molecule has 0 radical (unpaired) electrons. The number of ether oxygens (including phenoxy) is 1. The Balaban J connectivity index is 2.47. The van der Waals surface area contributed by atoms with Gasteiger partial charge < -0.3 is 10.5 Å². The van der Waals surface area contributed by atoms with E-state index in [-0.39, 0.29) is 5.82 Å². The van der Waals surface area contributed by atoms with Crippen molar-refractivity contribution in [1.29, 1.82) is 0 Å². The molecule has 0 aliphatic rings. The first-order chi connectivity index (χ1) is 9.38. The number of nitrogens with two attached hydrogens (primary N) is 1. The summed E-state index contributed by atoms with van der Waals surface area (Å²) in [5.74, 6) is -0.0181. The van der Waals surface area contributed by atoms with Crippen molar-refractivity contribution >= 4 is 15.9 Å². The summed E-state index contributed by atoms with van der Waals surface area (Å²) >= 11 is 3.29. The Bertz CT molecular complexity index is 644. The number of halogens is 3. The molecule has 2 aromatic carbocycles. The van der Waals surface area contributed by atoms with E-state index in [4.69, 9.17) is 10.5 Å². The second kappa shape index (κ2) is 5.89. The third kappa shape index (κ3) is 3.16. The Morgan fingerprint density at radius 1 is 1.15 bits per heavy atom. The van der Waals surface area contributed by atoms with E-state index >= 15 is 0 Å². The zero-order valence-corrected chi connectivity index (χ0v) is 12.7. The highest BCUT2D eigenvalue weighted by Gasteiger charge is 2.14. The van der Waals surface area contributed by atoms with Gasteiger partial charge in [0.25, 0.3) is 0 Å². The van der Waals surface area contributed by atoms with Gasteiger partial charge in [0.1, 0.15) is 23.1 Å². The van der Waals surface area contributed by atoms with Crippen molar-refractivity contribution in [2.24, 2.45) is 5.73 Å². The SMILES string of the molecule is Cc1cc(Oc2cc(F)ccc2Br)c(C(C)N)cc1F. The summed E-state index contributed by atoms with van der Waals surface area (Å²) in [7, 11) is 0. The number of rotatable bonds is 3. The molecular formula is C15H14BrF2NO. The maximum absolute atomic E-state index is 13.6. The lowest BCUT2D eigenvalue weighted by atomic mass is 10.1. The van der Waals surface area contributed by atoms with Crippen LogP contribution in [0.15, 0.2) is 34.8 Å². The smallest absolute Gasteiger partial charge is 0.144 e. The molecule has 0 saturated carbocycles. The van der Waals surface area contributed by atoms with Gasteiger partial charge in [-0.15, -0.1) is 0 Å². The minimum absolute atomic E-state index is 0.318. The van der Waals surface area contributed by atoms with Crippen LogP contribution < -0.4 is 10.5 Å². The molecule has 20 heavy (non-hydrogen) atoms. The lowest BCUT2D eigenvalue weighted by Gasteiger charge is -2.16. The highest BCUT2D eigenvalue weighted by Crippen LogP contribution is 2.35. The molecule has 0 aliphatic carbocycles. The van der Waals surface area contributed by atoms with Gasteiger partial charge in [0.2, 0.25) is 0 Å². The zero-order valence-electron chi connectivity index (χ0n) is 11.1. The van der Waals surface area contributed by atoms with Crippen LogP contribution in [-0.4, -0.2) is 0 Å². The molecular weight excluding hydrogens is 328 g/mol. The van der Waals surface area contributed by atoms with E-state index in [0.29, 0.717) is 27.1 Å². The molecule has 1 atom stereocenters. The first-order valence-electron chi connectivity index (χ1n) is 6.07. The van der Waals surface area contributed by atoms with Crippen LogP contribution in [0.4, 0.5) is 8.78 Å². The minimum Gasteiger partial charge on any atom is -0.456 e. The molecule has 2 aromatic rings. The van der Waals surface area contributed by atoms with Gasteiger partial charge in [0, 0.05) is 17.7 Å². The molecule has 106 valence electrons. The van der Waals surface area contributed by atoms with Crippen LogP contribution in [0.1, 0.15) is 24.1 Å². The Morgan fingerprint density at radius 2 is 1.85 bits per heavy atom. The van der Waals surface area contributed by atoms with Crippen LogP contribution in [0, 0.1) is 18.6 Å². The quantitative estimate of drug-likeness (QED) is 0.866. The van der Waals surface area contributed by atoms with Crippen LogP contribution in [-0.2, 0) is 0 Å². The molecule has 0 heterocycles. The third-order valence-corrected chi connectivity index (χ3v) is 3.55. The van der Waals surface area contributed by atoms with Crippen LogP contribution in [0.5, 0.6) is 11.5 Å². The predicted molar refractivity (Wildman–Crippen MR) is 77.9 cm³/mol. The first-order valence-corrected chi connectivity index (χ1v) is 6.86. The highest BCUT2D eigenvalue weighted by molar-refractivity contribution is 9.10. The van der Waals surface area contributed by atoms with Gasteiger partial charge in [-0.05, 0) is 59.6 Å². The summed E-state index contributed by atoms with van der Waals surface area (Å²) in [5, 5.41) is 0. The van der Waals surface area contributed by atoms with Gasteiger partial charge in [-0.25, -0.2) is 8.78 Å². The first kappa shape index (κ1) is 14.9. The molecule has 0 aliphatic heterocycles. The summed E-state index contributed by atoms with van der Waals surface area (Å²) in [6.45, 7) is 3.37. The van der Waals surface area contributed by atoms with Crippen molar-refractivity contribution in [3.05, 3.63) is 57.6 Å². The Hall–Kier alpha value is -1.46. The molecule has 1 unspecified atom stereocenters. The molecule has 2 N–H and O–H groups in total. The molecule has 5 heteroatoms. The van der Waals surface area contributed by atoms with E-state index in [0.717, 1.165) is 0 Å². The summed E-state index contributed by atoms with van der Waals surface area (Å²) < 4.78 is 33.2. The highest BCUT2D eigenvalue weighted by atomic mass is 79.9. The van der Waals surface area contributed by atoms with Crippen molar-refractivity contribution in [3.63, 3.8) is 0 Å². The fraction of sp³-hybridized carbons (Fsp3) is 0.200. The van der Waals surface area contributed by atoms with Crippen molar-refractivity contribution in [3.8, 4) is 11.5 Å². The normalized spacial score (nSPS) is 12.3. The van der Waals surface area contributed by atoms with Gasteiger partial charge >= 0.3 is 0 Å². The summed E-state index contributed by atoms with van der Waals surface area (Å²) in [4.78, 5) is 0. The Kier molecular flexibility index (Phi) is 4.40. The lowest BCUT2D eigenvalue weighted by Crippen LogP contribution is -2.08.